The predicted octanol–water partition coefficient (Wildman–Crippen LogP) is 6.58. The minimum Gasteiger partial charge on any atom is -0.493 e. The van der Waals surface area contributed by atoms with Gasteiger partial charge in [-0.1, -0.05) is 64.5 Å². The van der Waals surface area contributed by atoms with E-state index in [0.717, 1.165) is 10.0 Å². The summed E-state index contributed by atoms with van der Waals surface area (Å²) in [5.41, 5.74) is 5.07. The Balaban J connectivity index is 1.39. The van der Waals surface area contributed by atoms with Crippen molar-refractivity contribution in [2.75, 3.05) is 19.0 Å². The standard InChI is InChI=1S/C30H25Br2N3O5/c1-38-27-15-21(12-13-26(27)39-18-20-8-4-2-5-9-20)30(37)35-33-17-22-14-23(31)16-25(32)29(22)40-19-28(36)34-24-10-6-3-7-11-24/h2-17H,18-19H2,1H3,(H,34,36)(H,35,37)/b33-17+. The maximum Gasteiger partial charge on any atom is 0.271 e. The van der Waals surface area contributed by atoms with Crippen LogP contribution in [0, 0.1) is 0 Å². The fraction of sp³-hybridized carbons (Fsp3) is 0.100. The number of ether oxygens (including phenoxy) is 3. The van der Waals surface area contributed by atoms with Crippen molar-refractivity contribution in [2.24, 2.45) is 5.10 Å². The van der Waals surface area contributed by atoms with Crippen LogP contribution in [0.3, 0.4) is 0 Å². The van der Waals surface area contributed by atoms with Gasteiger partial charge in [0.2, 0.25) is 0 Å². The number of amides is 2. The van der Waals surface area contributed by atoms with Gasteiger partial charge >= 0.3 is 0 Å². The van der Waals surface area contributed by atoms with Gasteiger partial charge in [0.05, 0.1) is 17.8 Å². The van der Waals surface area contributed by atoms with E-state index in [9.17, 15) is 9.59 Å². The van der Waals surface area contributed by atoms with Gasteiger partial charge in [-0.05, 0) is 64.0 Å². The summed E-state index contributed by atoms with van der Waals surface area (Å²) in [6.07, 6.45) is 1.44. The Kier molecular flexibility index (Phi) is 10.3. The summed E-state index contributed by atoms with van der Waals surface area (Å²) in [6.45, 7) is 0.147. The molecule has 0 aromatic heterocycles. The van der Waals surface area contributed by atoms with E-state index in [1.54, 1.807) is 42.5 Å². The summed E-state index contributed by atoms with van der Waals surface area (Å²) >= 11 is 6.90. The number of carbonyl (C=O) groups excluding carboxylic acids is 2. The number of benzene rings is 4. The highest BCUT2D eigenvalue weighted by Gasteiger charge is 2.14. The molecule has 0 fully saturated rings. The lowest BCUT2D eigenvalue weighted by molar-refractivity contribution is -0.118. The van der Waals surface area contributed by atoms with Crippen LogP contribution in [0.2, 0.25) is 0 Å². The molecular formula is C30H25Br2N3O5. The summed E-state index contributed by atoms with van der Waals surface area (Å²) in [4.78, 5) is 25.1. The molecule has 10 heteroatoms. The molecule has 0 saturated heterocycles. The van der Waals surface area contributed by atoms with Crippen LogP contribution in [0.25, 0.3) is 0 Å². The molecule has 4 aromatic carbocycles. The Morgan fingerprint density at radius 2 is 1.60 bits per heavy atom. The third kappa shape index (κ3) is 8.17. The summed E-state index contributed by atoms with van der Waals surface area (Å²) < 4.78 is 18.4. The highest BCUT2D eigenvalue weighted by atomic mass is 79.9. The molecule has 4 rings (SSSR count). The van der Waals surface area contributed by atoms with Crippen LogP contribution in [0.15, 0.2) is 105 Å². The molecular weight excluding hydrogens is 642 g/mol. The largest absolute Gasteiger partial charge is 0.493 e. The van der Waals surface area contributed by atoms with Crippen LogP contribution in [0.1, 0.15) is 21.5 Å². The fourth-order valence-electron chi connectivity index (χ4n) is 3.57. The second-order valence-corrected chi connectivity index (χ2v) is 10.1. The molecule has 0 aliphatic rings. The number of halogens is 2. The highest BCUT2D eigenvalue weighted by molar-refractivity contribution is 9.11. The molecule has 0 saturated carbocycles. The number of rotatable bonds is 11. The molecule has 0 heterocycles. The minimum atomic E-state index is -0.442. The van der Waals surface area contributed by atoms with Gasteiger partial charge in [-0.25, -0.2) is 5.43 Å². The average Bonchev–Trinajstić information content (AvgIpc) is 2.96. The van der Waals surface area contributed by atoms with Crippen molar-refractivity contribution in [3.05, 3.63) is 117 Å². The second kappa shape index (κ2) is 14.3. The Morgan fingerprint density at radius 3 is 2.33 bits per heavy atom. The molecule has 0 unspecified atom stereocenters. The molecule has 4 aromatic rings. The van der Waals surface area contributed by atoms with Crippen LogP contribution >= 0.6 is 31.9 Å². The van der Waals surface area contributed by atoms with Crippen molar-refractivity contribution in [3.8, 4) is 17.2 Å². The van der Waals surface area contributed by atoms with E-state index in [1.807, 2.05) is 48.5 Å². The van der Waals surface area contributed by atoms with Crippen LogP contribution in [0.4, 0.5) is 5.69 Å². The van der Waals surface area contributed by atoms with Gasteiger partial charge in [0.15, 0.2) is 18.1 Å². The molecule has 0 aliphatic carbocycles. The quantitative estimate of drug-likeness (QED) is 0.139. The van der Waals surface area contributed by atoms with E-state index in [2.05, 4.69) is 47.7 Å². The molecule has 0 aliphatic heterocycles. The highest BCUT2D eigenvalue weighted by Crippen LogP contribution is 2.32. The van der Waals surface area contributed by atoms with Crippen LogP contribution in [-0.2, 0) is 11.4 Å². The van der Waals surface area contributed by atoms with Crippen molar-refractivity contribution in [3.63, 3.8) is 0 Å². The Bertz CT molecular complexity index is 1500. The van der Waals surface area contributed by atoms with Crippen molar-refractivity contribution in [2.45, 2.75) is 6.61 Å². The number of hydrogen-bond acceptors (Lipinski definition) is 6. The number of para-hydroxylation sites is 1. The van der Waals surface area contributed by atoms with Gasteiger partial charge in [0.1, 0.15) is 12.4 Å². The number of methoxy groups -OCH3 is 1. The van der Waals surface area contributed by atoms with E-state index in [1.165, 1.54) is 13.3 Å². The number of nitrogens with zero attached hydrogens (tertiary/aromatic N) is 1. The summed E-state index contributed by atoms with van der Waals surface area (Å²) in [5, 5.41) is 6.86. The molecule has 2 N–H and O–H groups in total. The smallest absolute Gasteiger partial charge is 0.271 e. The van der Waals surface area contributed by atoms with Gasteiger partial charge in [0.25, 0.3) is 11.8 Å². The molecule has 0 radical (unpaired) electrons. The Morgan fingerprint density at radius 1 is 0.875 bits per heavy atom. The average molecular weight is 667 g/mol. The first kappa shape index (κ1) is 28.8. The third-order valence-corrected chi connectivity index (χ3v) is 6.52. The van der Waals surface area contributed by atoms with Crippen molar-refractivity contribution in [1.82, 2.24) is 5.43 Å². The molecule has 0 atom stereocenters. The third-order valence-electron chi connectivity index (χ3n) is 5.47. The zero-order valence-electron chi connectivity index (χ0n) is 21.4. The van der Waals surface area contributed by atoms with Gasteiger partial charge in [0, 0.05) is 21.3 Å². The number of carbonyl (C=O) groups is 2. The van der Waals surface area contributed by atoms with E-state index < -0.39 is 5.91 Å². The van der Waals surface area contributed by atoms with Crippen molar-refractivity contribution >= 4 is 55.6 Å². The normalized spacial score (nSPS) is 10.7. The van der Waals surface area contributed by atoms with Gasteiger partial charge in [-0.2, -0.15) is 5.10 Å². The molecule has 40 heavy (non-hydrogen) atoms. The minimum absolute atomic E-state index is 0.221. The van der Waals surface area contributed by atoms with E-state index in [4.69, 9.17) is 14.2 Å². The first-order valence-electron chi connectivity index (χ1n) is 12.1. The summed E-state index contributed by atoms with van der Waals surface area (Å²) in [7, 11) is 1.51. The fourth-order valence-corrected chi connectivity index (χ4v) is 4.95. The maximum atomic E-state index is 12.8. The monoisotopic (exact) mass is 665 g/mol. The van der Waals surface area contributed by atoms with Gasteiger partial charge < -0.3 is 19.5 Å². The van der Waals surface area contributed by atoms with Crippen molar-refractivity contribution in [1.29, 1.82) is 0 Å². The first-order chi connectivity index (χ1) is 19.4. The Hall–Kier alpha value is -4.15. The lowest BCUT2D eigenvalue weighted by Gasteiger charge is -2.12. The van der Waals surface area contributed by atoms with Gasteiger partial charge in [-0.3, -0.25) is 9.59 Å². The van der Waals surface area contributed by atoms with Gasteiger partial charge in [-0.15, -0.1) is 0 Å². The first-order valence-corrected chi connectivity index (χ1v) is 13.7. The summed E-state index contributed by atoms with van der Waals surface area (Å²) in [5.74, 6) is 0.577. The SMILES string of the molecule is COc1cc(C(=O)N/N=C/c2cc(Br)cc(Br)c2OCC(=O)Nc2ccccc2)ccc1OCc1ccccc1. The predicted molar refractivity (Wildman–Crippen MR) is 161 cm³/mol. The number of anilines is 1. The number of nitrogens with one attached hydrogen (secondary N) is 2. The molecule has 204 valence electrons. The molecule has 0 spiro atoms. The molecule has 8 nitrogen and oxygen atoms in total. The summed E-state index contributed by atoms with van der Waals surface area (Å²) in [6, 6.07) is 27.3. The van der Waals surface area contributed by atoms with Crippen LogP contribution in [0.5, 0.6) is 17.2 Å². The molecule has 2 amide bonds. The maximum absolute atomic E-state index is 12.8. The second-order valence-electron chi connectivity index (χ2n) is 8.35. The Labute approximate surface area is 248 Å². The zero-order valence-corrected chi connectivity index (χ0v) is 24.6. The lowest BCUT2D eigenvalue weighted by Crippen LogP contribution is -2.21. The topological polar surface area (TPSA) is 98.3 Å². The zero-order chi connectivity index (χ0) is 28.3. The molecule has 0 bridgehead atoms. The van der Waals surface area contributed by atoms with Crippen LogP contribution in [-0.4, -0.2) is 31.7 Å². The number of hydrazone groups is 1. The number of hydrogen-bond donors (Lipinski definition) is 2. The van der Waals surface area contributed by atoms with E-state index >= 15 is 0 Å². The van der Waals surface area contributed by atoms with Crippen LogP contribution < -0.4 is 25.0 Å². The van der Waals surface area contributed by atoms with E-state index in [0.29, 0.717) is 45.1 Å². The van der Waals surface area contributed by atoms with Crippen molar-refractivity contribution < 1.29 is 23.8 Å². The van der Waals surface area contributed by atoms with E-state index in [-0.39, 0.29) is 12.5 Å². The lowest BCUT2D eigenvalue weighted by atomic mass is 10.2.